The molecule has 2 aromatic heterocycles. The van der Waals surface area contributed by atoms with E-state index in [1.807, 2.05) is 0 Å². The van der Waals surface area contributed by atoms with Crippen LogP contribution in [0.2, 0.25) is 0 Å². The fraction of sp³-hybridized carbons (Fsp3) is 0.450. The van der Waals surface area contributed by atoms with Gasteiger partial charge >= 0.3 is 6.18 Å². The monoisotopic (exact) mass is 529 g/mol. The van der Waals surface area contributed by atoms with Crippen LogP contribution in [0.15, 0.2) is 41.1 Å². The van der Waals surface area contributed by atoms with Crippen molar-refractivity contribution in [3.8, 4) is 5.69 Å². The van der Waals surface area contributed by atoms with Gasteiger partial charge in [-0.15, -0.1) is 0 Å². The highest BCUT2D eigenvalue weighted by Crippen LogP contribution is 2.43. The summed E-state index contributed by atoms with van der Waals surface area (Å²) in [5, 5.41) is 30.1. The van der Waals surface area contributed by atoms with Crippen LogP contribution in [0.5, 0.6) is 0 Å². The molecule has 5 unspecified atom stereocenters. The van der Waals surface area contributed by atoms with E-state index in [2.05, 4.69) is 31.1 Å². The molecular formula is C20H19BrF3N5O4. The summed E-state index contributed by atoms with van der Waals surface area (Å²) in [6.45, 7) is 1.52. The largest absolute Gasteiger partial charge is 0.418 e. The van der Waals surface area contributed by atoms with Crippen molar-refractivity contribution in [2.24, 2.45) is 0 Å². The Morgan fingerprint density at radius 1 is 1.21 bits per heavy atom. The molecule has 0 amide bonds. The number of aliphatic hydroxyl groups excluding tert-OH is 2. The number of halogens is 4. The average Bonchev–Trinajstić information content (AvgIpc) is 3.48. The Labute approximate surface area is 193 Å². The molecule has 0 aliphatic carbocycles. The second-order valence-electron chi connectivity index (χ2n) is 7.94. The van der Waals surface area contributed by atoms with Gasteiger partial charge in [0.15, 0.2) is 5.82 Å². The van der Waals surface area contributed by atoms with E-state index in [4.69, 9.17) is 9.47 Å². The van der Waals surface area contributed by atoms with Gasteiger partial charge in [-0.3, -0.25) is 4.68 Å². The van der Waals surface area contributed by atoms with Gasteiger partial charge in [-0.1, -0.05) is 15.9 Å². The van der Waals surface area contributed by atoms with Crippen LogP contribution in [-0.4, -0.2) is 65.8 Å². The van der Waals surface area contributed by atoms with Crippen molar-refractivity contribution >= 4 is 15.9 Å². The van der Waals surface area contributed by atoms with Crippen molar-refractivity contribution < 1.29 is 32.9 Å². The van der Waals surface area contributed by atoms with Gasteiger partial charge < -0.3 is 19.7 Å². The molecular weight excluding hydrogens is 511 g/mol. The molecule has 2 aliphatic rings. The number of alkyl halides is 3. The van der Waals surface area contributed by atoms with Gasteiger partial charge in [0.05, 0.1) is 17.9 Å². The minimum Gasteiger partial charge on any atom is -0.388 e. The number of hydrogen-bond acceptors (Lipinski definition) is 7. The Bertz CT molecular complexity index is 1160. The third-order valence-corrected chi connectivity index (χ3v) is 6.27. The van der Waals surface area contributed by atoms with Crippen LogP contribution in [0.3, 0.4) is 0 Å². The maximum absolute atomic E-state index is 13.8. The Hall–Kier alpha value is -2.32. The summed E-state index contributed by atoms with van der Waals surface area (Å²) in [4.78, 5) is 4.30. The molecule has 9 nitrogen and oxygen atoms in total. The van der Waals surface area contributed by atoms with Crippen molar-refractivity contribution in [3.63, 3.8) is 0 Å². The molecule has 0 spiro atoms. The molecule has 176 valence electrons. The van der Waals surface area contributed by atoms with Crippen molar-refractivity contribution in [1.82, 2.24) is 24.5 Å². The molecule has 0 bridgehead atoms. The number of aryl methyl sites for hydroxylation is 1. The van der Waals surface area contributed by atoms with E-state index in [0.717, 1.165) is 10.7 Å². The van der Waals surface area contributed by atoms with Crippen LogP contribution in [-0.2, 0) is 15.7 Å². The number of hydrogen-bond donors (Lipinski definition) is 2. The smallest absolute Gasteiger partial charge is 0.388 e. The molecule has 13 heteroatoms. The SMILES string of the molecule is Cc1nc(C2OC3C(O)CO[C@@H]3C(n3cccn3)C2O)n(-c2cc(Br)ccc2C(F)(F)F)n1. The third-order valence-electron chi connectivity index (χ3n) is 5.78. The van der Waals surface area contributed by atoms with E-state index in [1.54, 1.807) is 12.3 Å². The molecule has 33 heavy (non-hydrogen) atoms. The minimum atomic E-state index is -4.66. The molecule has 4 heterocycles. The van der Waals surface area contributed by atoms with Gasteiger partial charge in [0.2, 0.25) is 0 Å². The number of benzene rings is 1. The Balaban J connectivity index is 1.64. The number of nitrogens with zero attached hydrogens (tertiary/aromatic N) is 5. The van der Waals surface area contributed by atoms with Gasteiger partial charge in [-0.25, -0.2) is 9.67 Å². The summed E-state index contributed by atoms with van der Waals surface area (Å²) in [5.74, 6) is 0.160. The number of ether oxygens (including phenoxy) is 2. The van der Waals surface area contributed by atoms with E-state index < -0.39 is 48.3 Å². The first-order chi connectivity index (χ1) is 15.6. The van der Waals surface area contributed by atoms with Crippen molar-refractivity contribution in [3.05, 3.63) is 58.3 Å². The van der Waals surface area contributed by atoms with E-state index in [-0.39, 0.29) is 23.9 Å². The lowest BCUT2D eigenvalue weighted by molar-refractivity contribution is -0.196. The zero-order chi connectivity index (χ0) is 23.5. The van der Waals surface area contributed by atoms with Gasteiger partial charge in [0, 0.05) is 16.9 Å². The Morgan fingerprint density at radius 3 is 2.70 bits per heavy atom. The van der Waals surface area contributed by atoms with Crippen LogP contribution in [0.4, 0.5) is 13.2 Å². The molecule has 0 saturated carbocycles. The van der Waals surface area contributed by atoms with Crippen molar-refractivity contribution in [2.75, 3.05) is 6.61 Å². The molecule has 0 radical (unpaired) electrons. The van der Waals surface area contributed by atoms with Crippen LogP contribution < -0.4 is 0 Å². The zero-order valence-electron chi connectivity index (χ0n) is 17.1. The molecule has 2 aliphatic heterocycles. The second kappa shape index (κ2) is 8.17. The first kappa shape index (κ1) is 22.5. The van der Waals surface area contributed by atoms with Crippen molar-refractivity contribution in [1.29, 1.82) is 0 Å². The maximum Gasteiger partial charge on any atom is 0.418 e. The quantitative estimate of drug-likeness (QED) is 0.536. The summed E-state index contributed by atoms with van der Waals surface area (Å²) >= 11 is 3.21. The minimum absolute atomic E-state index is 0.0118. The average molecular weight is 530 g/mol. The number of aliphatic hydroxyl groups is 2. The summed E-state index contributed by atoms with van der Waals surface area (Å²) in [6, 6.07) is 4.40. The van der Waals surface area contributed by atoms with Crippen LogP contribution in [0.25, 0.3) is 5.69 Å². The van der Waals surface area contributed by atoms with Crippen molar-refractivity contribution in [2.45, 2.75) is 49.7 Å². The normalized spacial score (nSPS) is 29.9. The summed E-state index contributed by atoms with van der Waals surface area (Å²) < 4.78 is 55.9. The van der Waals surface area contributed by atoms with E-state index >= 15 is 0 Å². The predicted molar refractivity (Wildman–Crippen MR) is 109 cm³/mol. The molecule has 2 N–H and O–H groups in total. The molecule has 2 saturated heterocycles. The lowest BCUT2D eigenvalue weighted by Gasteiger charge is -2.41. The van der Waals surface area contributed by atoms with E-state index in [9.17, 15) is 23.4 Å². The van der Waals surface area contributed by atoms with Crippen LogP contribution >= 0.6 is 15.9 Å². The maximum atomic E-state index is 13.8. The standard InChI is InChI=1S/C20H19BrF3N5O4/c1-9-26-19(29(27-9)12-7-10(21)3-4-11(12)20(22,23)24)18-15(31)14(28-6-2-5-25-28)17-16(33-18)13(30)8-32-17/h2-7,13-18,30-31H,8H2,1H3/t13?,14?,15?,16?,17-,18?/m1/s1. The highest BCUT2D eigenvalue weighted by atomic mass is 79.9. The summed E-state index contributed by atoms with van der Waals surface area (Å²) in [5.41, 5.74) is -1.20. The number of aromatic nitrogens is 5. The van der Waals surface area contributed by atoms with Crippen LogP contribution in [0.1, 0.15) is 29.4 Å². The molecule has 3 aromatic rings. The first-order valence-electron chi connectivity index (χ1n) is 10.1. The molecule has 1 aromatic carbocycles. The summed E-state index contributed by atoms with van der Waals surface area (Å²) in [6.07, 6.45) is -6.55. The highest BCUT2D eigenvalue weighted by Gasteiger charge is 2.54. The molecule has 6 atom stereocenters. The van der Waals surface area contributed by atoms with Gasteiger partial charge in [0.25, 0.3) is 0 Å². The van der Waals surface area contributed by atoms with E-state index in [0.29, 0.717) is 4.47 Å². The fourth-order valence-electron chi connectivity index (χ4n) is 4.39. The Kier molecular flexibility index (Phi) is 5.56. The van der Waals surface area contributed by atoms with Gasteiger partial charge in [-0.05, 0) is 31.2 Å². The fourth-order valence-corrected chi connectivity index (χ4v) is 4.74. The zero-order valence-corrected chi connectivity index (χ0v) is 18.7. The number of fused-ring (bicyclic) bond motifs is 1. The molecule has 5 rings (SSSR count). The second-order valence-corrected chi connectivity index (χ2v) is 8.86. The Morgan fingerprint density at radius 2 is 2.00 bits per heavy atom. The van der Waals surface area contributed by atoms with Gasteiger partial charge in [0.1, 0.15) is 42.4 Å². The van der Waals surface area contributed by atoms with Crippen LogP contribution in [0, 0.1) is 6.92 Å². The summed E-state index contributed by atoms with van der Waals surface area (Å²) in [7, 11) is 0. The molecule has 2 fully saturated rings. The van der Waals surface area contributed by atoms with Gasteiger partial charge in [-0.2, -0.15) is 23.4 Å². The van der Waals surface area contributed by atoms with E-state index in [1.165, 1.54) is 29.9 Å². The highest BCUT2D eigenvalue weighted by molar-refractivity contribution is 9.10. The lowest BCUT2D eigenvalue weighted by atomic mass is 9.91. The lowest BCUT2D eigenvalue weighted by Crippen LogP contribution is -2.52. The number of rotatable bonds is 3. The first-order valence-corrected chi connectivity index (χ1v) is 10.9. The third kappa shape index (κ3) is 3.87. The predicted octanol–water partition coefficient (Wildman–Crippen LogP) is 2.36. The topological polar surface area (TPSA) is 107 Å².